The molecule has 9 nitrogen and oxygen atoms in total. The normalized spacial score (nSPS) is 9.95. The number of carbonyl (C=O) groups is 1. The first-order valence-electron chi connectivity index (χ1n) is 5.87. The van der Waals surface area contributed by atoms with Gasteiger partial charge < -0.3 is 5.73 Å². The van der Waals surface area contributed by atoms with Crippen LogP contribution in [0.3, 0.4) is 0 Å². The third-order valence-corrected chi connectivity index (χ3v) is 2.64. The maximum atomic E-state index is 11.9. The van der Waals surface area contributed by atoms with Crippen molar-refractivity contribution in [3.8, 4) is 0 Å². The second kappa shape index (κ2) is 5.82. The molecule has 0 atom stereocenters. The first kappa shape index (κ1) is 14.2. The molecule has 0 saturated carbocycles. The number of rotatable bonds is 4. The highest BCUT2D eigenvalue weighted by molar-refractivity contribution is 5.95. The van der Waals surface area contributed by atoms with Crippen LogP contribution in [0.4, 0.5) is 17.3 Å². The number of hydrogen-bond donors (Lipinski definition) is 3. The molecule has 0 aliphatic carbocycles. The number of nitrogens with two attached hydrogens (primary N) is 1. The van der Waals surface area contributed by atoms with Gasteiger partial charge in [-0.25, -0.2) is 9.97 Å². The fourth-order valence-electron chi connectivity index (χ4n) is 1.56. The maximum Gasteiger partial charge on any atom is 0.354 e. The zero-order chi connectivity index (χ0) is 15.4. The lowest BCUT2D eigenvalue weighted by molar-refractivity contribution is -0.383. The van der Waals surface area contributed by atoms with Crippen molar-refractivity contribution in [3.63, 3.8) is 0 Å². The number of nitrogens with one attached hydrogen (secondary N) is 2. The summed E-state index contributed by atoms with van der Waals surface area (Å²) in [5.74, 6) is -0.934. The topological polar surface area (TPSA) is 136 Å². The lowest BCUT2D eigenvalue weighted by atomic mass is 10.1. The summed E-state index contributed by atoms with van der Waals surface area (Å²) >= 11 is 0. The van der Waals surface area contributed by atoms with Crippen LogP contribution in [0.15, 0.2) is 30.6 Å². The first-order valence-corrected chi connectivity index (χ1v) is 5.87. The average molecular weight is 288 g/mol. The molecule has 0 aliphatic rings. The van der Waals surface area contributed by atoms with Gasteiger partial charge in [-0.3, -0.25) is 25.8 Å². The van der Waals surface area contributed by atoms with E-state index in [1.807, 2.05) is 6.92 Å². The Kier molecular flexibility index (Phi) is 3.93. The van der Waals surface area contributed by atoms with Crippen LogP contribution in [0.5, 0.6) is 0 Å². The Morgan fingerprint density at radius 2 is 1.95 bits per heavy atom. The number of aryl methyl sites for hydroxylation is 1. The van der Waals surface area contributed by atoms with Crippen LogP contribution in [-0.4, -0.2) is 20.8 Å². The van der Waals surface area contributed by atoms with Gasteiger partial charge in [0.25, 0.3) is 5.91 Å². The molecule has 9 heteroatoms. The van der Waals surface area contributed by atoms with Gasteiger partial charge in [0.05, 0.1) is 4.92 Å². The minimum atomic E-state index is -0.726. The van der Waals surface area contributed by atoms with Crippen LogP contribution in [0.25, 0.3) is 0 Å². The van der Waals surface area contributed by atoms with Crippen molar-refractivity contribution in [1.82, 2.24) is 15.4 Å². The average Bonchev–Trinajstić information content (AvgIpc) is 2.45. The number of hydrazine groups is 1. The van der Waals surface area contributed by atoms with E-state index in [0.29, 0.717) is 5.56 Å². The zero-order valence-corrected chi connectivity index (χ0v) is 11.0. The van der Waals surface area contributed by atoms with Crippen LogP contribution in [0.1, 0.15) is 15.9 Å². The van der Waals surface area contributed by atoms with Gasteiger partial charge in [0, 0.05) is 5.56 Å². The van der Waals surface area contributed by atoms with E-state index in [0.717, 1.165) is 11.9 Å². The third-order valence-electron chi connectivity index (χ3n) is 2.64. The number of anilines is 2. The van der Waals surface area contributed by atoms with Crippen LogP contribution in [-0.2, 0) is 0 Å². The molecule has 2 rings (SSSR count). The highest BCUT2D eigenvalue weighted by Gasteiger charge is 2.21. The fraction of sp³-hybridized carbons (Fsp3) is 0.0833. The number of nitro groups is 1. The number of amides is 1. The van der Waals surface area contributed by atoms with Crippen LogP contribution in [0.2, 0.25) is 0 Å². The fourth-order valence-corrected chi connectivity index (χ4v) is 1.56. The van der Waals surface area contributed by atoms with E-state index in [2.05, 4.69) is 20.8 Å². The molecule has 1 aromatic heterocycles. The minimum Gasteiger partial charge on any atom is -0.378 e. The van der Waals surface area contributed by atoms with E-state index in [9.17, 15) is 14.9 Å². The molecule has 1 heterocycles. The van der Waals surface area contributed by atoms with E-state index in [1.54, 1.807) is 24.3 Å². The van der Waals surface area contributed by atoms with Gasteiger partial charge >= 0.3 is 5.69 Å². The second-order valence-corrected chi connectivity index (χ2v) is 4.16. The van der Waals surface area contributed by atoms with Crippen LogP contribution >= 0.6 is 0 Å². The molecule has 0 radical (unpaired) electrons. The van der Waals surface area contributed by atoms with Gasteiger partial charge in [0.2, 0.25) is 11.6 Å². The van der Waals surface area contributed by atoms with E-state index in [4.69, 9.17) is 5.73 Å². The van der Waals surface area contributed by atoms with Crippen molar-refractivity contribution >= 4 is 23.2 Å². The lowest BCUT2D eigenvalue weighted by Gasteiger charge is -2.08. The summed E-state index contributed by atoms with van der Waals surface area (Å²) in [6.07, 6.45) is 1.06. The van der Waals surface area contributed by atoms with Crippen molar-refractivity contribution in [2.75, 3.05) is 11.2 Å². The molecule has 0 unspecified atom stereocenters. The van der Waals surface area contributed by atoms with Gasteiger partial charge in [-0.2, -0.15) is 0 Å². The number of benzene rings is 1. The summed E-state index contributed by atoms with van der Waals surface area (Å²) in [7, 11) is 0. The SMILES string of the molecule is Cc1ccc(C(=O)NNc2ncnc(N)c2[N+](=O)[O-])cc1. The summed E-state index contributed by atoms with van der Waals surface area (Å²) in [6.45, 7) is 1.90. The van der Waals surface area contributed by atoms with E-state index < -0.39 is 16.5 Å². The Morgan fingerprint density at radius 3 is 2.57 bits per heavy atom. The van der Waals surface area contributed by atoms with Gasteiger partial charge in [-0.15, -0.1) is 0 Å². The molecule has 0 spiro atoms. The predicted octanol–water partition coefficient (Wildman–Crippen LogP) is 1.03. The Hall–Kier alpha value is -3.23. The quantitative estimate of drug-likeness (QED) is 0.564. The maximum absolute atomic E-state index is 11.9. The molecule has 4 N–H and O–H groups in total. The summed E-state index contributed by atoms with van der Waals surface area (Å²) in [5.41, 5.74) is 11.0. The minimum absolute atomic E-state index is 0.187. The second-order valence-electron chi connectivity index (χ2n) is 4.16. The highest BCUT2D eigenvalue weighted by atomic mass is 16.6. The molecule has 0 saturated heterocycles. The molecular weight excluding hydrogens is 276 g/mol. The predicted molar refractivity (Wildman–Crippen MR) is 75.4 cm³/mol. The standard InChI is InChI=1S/C12H12N6O3/c1-7-2-4-8(5-3-7)12(19)17-16-11-9(18(20)21)10(13)14-6-15-11/h2-6H,1H3,(H,17,19)(H3,13,14,15,16). The Labute approximate surface area is 119 Å². The molecule has 21 heavy (non-hydrogen) atoms. The molecule has 0 fully saturated rings. The summed E-state index contributed by atoms with van der Waals surface area (Å²) < 4.78 is 0. The zero-order valence-electron chi connectivity index (χ0n) is 11.0. The Bertz CT molecular complexity index is 686. The van der Waals surface area contributed by atoms with Gasteiger partial charge in [0.1, 0.15) is 6.33 Å². The summed E-state index contributed by atoms with van der Waals surface area (Å²) in [5, 5.41) is 10.9. The molecule has 1 aromatic carbocycles. The summed E-state index contributed by atoms with van der Waals surface area (Å²) in [6, 6.07) is 6.82. The molecule has 2 aromatic rings. The van der Waals surface area contributed by atoms with Gasteiger partial charge in [0.15, 0.2) is 0 Å². The Balaban J connectivity index is 2.13. The lowest BCUT2D eigenvalue weighted by Crippen LogP contribution is -2.30. The van der Waals surface area contributed by atoms with E-state index >= 15 is 0 Å². The summed E-state index contributed by atoms with van der Waals surface area (Å²) in [4.78, 5) is 29.2. The van der Waals surface area contributed by atoms with Crippen molar-refractivity contribution in [1.29, 1.82) is 0 Å². The van der Waals surface area contributed by atoms with E-state index in [-0.39, 0.29) is 11.6 Å². The third kappa shape index (κ3) is 3.21. The monoisotopic (exact) mass is 288 g/mol. The number of nitrogen functional groups attached to an aromatic ring is 1. The van der Waals surface area contributed by atoms with Crippen molar-refractivity contribution in [2.24, 2.45) is 0 Å². The van der Waals surface area contributed by atoms with Crippen molar-refractivity contribution in [3.05, 3.63) is 51.8 Å². The first-order chi connectivity index (χ1) is 9.99. The molecule has 108 valence electrons. The number of hydrogen-bond acceptors (Lipinski definition) is 7. The van der Waals surface area contributed by atoms with Gasteiger partial charge in [-0.1, -0.05) is 17.7 Å². The van der Waals surface area contributed by atoms with Crippen molar-refractivity contribution < 1.29 is 9.72 Å². The molecule has 1 amide bonds. The largest absolute Gasteiger partial charge is 0.378 e. The number of aromatic nitrogens is 2. The Morgan fingerprint density at radius 1 is 1.29 bits per heavy atom. The molecule has 0 bridgehead atoms. The van der Waals surface area contributed by atoms with Crippen molar-refractivity contribution in [2.45, 2.75) is 6.92 Å². The molecule has 0 aliphatic heterocycles. The van der Waals surface area contributed by atoms with Crippen LogP contribution < -0.4 is 16.6 Å². The molecular formula is C12H12N6O3. The smallest absolute Gasteiger partial charge is 0.354 e. The number of nitrogens with zero attached hydrogens (tertiary/aromatic N) is 3. The van der Waals surface area contributed by atoms with E-state index in [1.165, 1.54) is 0 Å². The number of carbonyl (C=O) groups excluding carboxylic acids is 1. The highest BCUT2D eigenvalue weighted by Crippen LogP contribution is 2.25. The van der Waals surface area contributed by atoms with Gasteiger partial charge in [-0.05, 0) is 19.1 Å². The van der Waals surface area contributed by atoms with Crippen LogP contribution in [0, 0.1) is 17.0 Å².